The number of rotatable bonds is 5. The first-order valence-electron chi connectivity index (χ1n) is 5.75. The van der Waals surface area contributed by atoms with Gasteiger partial charge in [-0.1, -0.05) is 6.07 Å². The Kier molecular flexibility index (Phi) is 5.54. The van der Waals surface area contributed by atoms with Crippen molar-refractivity contribution >= 4 is 17.5 Å². The lowest BCUT2D eigenvalue weighted by molar-refractivity contribution is -0.131. The third-order valence-electron chi connectivity index (χ3n) is 2.61. The molecule has 0 aliphatic heterocycles. The Morgan fingerprint density at radius 2 is 2.00 bits per heavy atom. The van der Waals surface area contributed by atoms with Crippen LogP contribution in [-0.2, 0) is 11.2 Å². The standard InChI is InChI=1S/C13H16ClF2NO/c1-9(2)17(6-5-14)13(18)8-10-3-4-11(15)12(16)7-10/h3-4,7,9H,5-6,8H2,1-2H3. The molecule has 0 bridgehead atoms. The van der Waals surface area contributed by atoms with Crippen LogP contribution in [-0.4, -0.2) is 29.3 Å². The Bertz CT molecular complexity index is 423. The molecule has 2 nitrogen and oxygen atoms in total. The van der Waals surface area contributed by atoms with Crippen molar-refractivity contribution in [2.75, 3.05) is 12.4 Å². The average molecular weight is 276 g/mol. The first-order valence-corrected chi connectivity index (χ1v) is 6.28. The molecule has 0 saturated carbocycles. The first-order chi connectivity index (χ1) is 8.45. The molecule has 1 amide bonds. The molecule has 0 aliphatic carbocycles. The van der Waals surface area contributed by atoms with E-state index in [1.54, 1.807) is 4.90 Å². The molecule has 100 valence electrons. The van der Waals surface area contributed by atoms with Gasteiger partial charge in [-0.3, -0.25) is 4.79 Å². The fourth-order valence-electron chi connectivity index (χ4n) is 1.69. The number of alkyl halides is 1. The van der Waals surface area contributed by atoms with Gasteiger partial charge in [0.25, 0.3) is 0 Å². The fourth-order valence-corrected chi connectivity index (χ4v) is 1.87. The van der Waals surface area contributed by atoms with E-state index in [1.165, 1.54) is 6.07 Å². The summed E-state index contributed by atoms with van der Waals surface area (Å²) >= 11 is 5.63. The minimum absolute atomic E-state index is 0.0292. The summed E-state index contributed by atoms with van der Waals surface area (Å²) in [5, 5.41) is 0. The Balaban J connectivity index is 2.76. The van der Waals surface area contributed by atoms with Crippen LogP contribution in [0, 0.1) is 11.6 Å². The summed E-state index contributed by atoms with van der Waals surface area (Å²) in [6.07, 6.45) is 0.0479. The molecule has 5 heteroatoms. The van der Waals surface area contributed by atoms with Crippen LogP contribution >= 0.6 is 11.6 Å². The molecule has 0 N–H and O–H groups in total. The van der Waals surface area contributed by atoms with E-state index >= 15 is 0 Å². The Labute approximate surface area is 111 Å². The number of nitrogens with zero attached hydrogens (tertiary/aromatic N) is 1. The molecule has 0 unspecified atom stereocenters. The molecule has 0 saturated heterocycles. The van der Waals surface area contributed by atoms with Gasteiger partial charge in [0.2, 0.25) is 5.91 Å². The van der Waals surface area contributed by atoms with Gasteiger partial charge in [-0.05, 0) is 31.5 Å². The van der Waals surface area contributed by atoms with Crippen LogP contribution in [0.4, 0.5) is 8.78 Å². The molecule has 1 rings (SSSR count). The van der Waals surface area contributed by atoms with Gasteiger partial charge < -0.3 is 4.90 Å². The average Bonchev–Trinajstić information content (AvgIpc) is 2.30. The van der Waals surface area contributed by atoms with Gasteiger partial charge in [0, 0.05) is 18.5 Å². The van der Waals surface area contributed by atoms with Crippen molar-refractivity contribution in [2.24, 2.45) is 0 Å². The zero-order valence-corrected chi connectivity index (χ0v) is 11.2. The summed E-state index contributed by atoms with van der Waals surface area (Å²) in [4.78, 5) is 13.6. The summed E-state index contributed by atoms with van der Waals surface area (Å²) in [7, 11) is 0. The summed E-state index contributed by atoms with van der Waals surface area (Å²) in [5.74, 6) is -1.64. The first kappa shape index (κ1) is 14.9. The van der Waals surface area contributed by atoms with Crippen LogP contribution in [0.15, 0.2) is 18.2 Å². The lowest BCUT2D eigenvalue weighted by atomic mass is 10.1. The van der Waals surface area contributed by atoms with Gasteiger partial charge in [-0.25, -0.2) is 8.78 Å². The molecule has 18 heavy (non-hydrogen) atoms. The highest BCUT2D eigenvalue weighted by Crippen LogP contribution is 2.11. The van der Waals surface area contributed by atoms with Crippen molar-refractivity contribution in [3.05, 3.63) is 35.4 Å². The summed E-state index contributed by atoms with van der Waals surface area (Å²) in [5.41, 5.74) is 0.458. The highest BCUT2D eigenvalue weighted by molar-refractivity contribution is 6.18. The molecule has 1 aromatic carbocycles. The number of amides is 1. The molecule has 1 aromatic rings. The van der Waals surface area contributed by atoms with Crippen LogP contribution in [0.25, 0.3) is 0 Å². The lowest BCUT2D eigenvalue weighted by Gasteiger charge is -2.26. The second kappa shape index (κ2) is 6.69. The van der Waals surface area contributed by atoms with E-state index in [0.29, 0.717) is 18.0 Å². The molecule has 0 radical (unpaired) electrons. The van der Waals surface area contributed by atoms with E-state index in [-0.39, 0.29) is 18.4 Å². The van der Waals surface area contributed by atoms with Crippen LogP contribution in [0.3, 0.4) is 0 Å². The SMILES string of the molecule is CC(C)N(CCCl)C(=O)Cc1ccc(F)c(F)c1. The third-order valence-corrected chi connectivity index (χ3v) is 2.78. The van der Waals surface area contributed by atoms with Crippen LogP contribution < -0.4 is 0 Å². The maximum atomic E-state index is 13.0. The monoisotopic (exact) mass is 275 g/mol. The highest BCUT2D eigenvalue weighted by atomic mass is 35.5. The number of benzene rings is 1. The number of hydrogen-bond acceptors (Lipinski definition) is 1. The zero-order chi connectivity index (χ0) is 13.7. The van der Waals surface area contributed by atoms with E-state index in [4.69, 9.17) is 11.6 Å². The predicted molar refractivity (Wildman–Crippen MR) is 67.6 cm³/mol. The number of carbonyl (C=O) groups excluding carboxylic acids is 1. The molecule has 0 aliphatic rings. The lowest BCUT2D eigenvalue weighted by Crippen LogP contribution is -2.39. The topological polar surface area (TPSA) is 20.3 Å². The zero-order valence-electron chi connectivity index (χ0n) is 10.4. The number of hydrogen-bond donors (Lipinski definition) is 0. The Morgan fingerprint density at radius 3 is 2.50 bits per heavy atom. The van der Waals surface area contributed by atoms with Crippen molar-refractivity contribution in [3.8, 4) is 0 Å². The molecule has 0 atom stereocenters. The number of carbonyl (C=O) groups is 1. The van der Waals surface area contributed by atoms with E-state index in [9.17, 15) is 13.6 Å². The van der Waals surface area contributed by atoms with Crippen molar-refractivity contribution in [1.29, 1.82) is 0 Å². The van der Waals surface area contributed by atoms with Gasteiger partial charge >= 0.3 is 0 Å². The maximum absolute atomic E-state index is 13.0. The second-order valence-electron chi connectivity index (χ2n) is 4.30. The van der Waals surface area contributed by atoms with Crippen molar-refractivity contribution in [1.82, 2.24) is 4.90 Å². The maximum Gasteiger partial charge on any atom is 0.227 e. The van der Waals surface area contributed by atoms with E-state index in [2.05, 4.69) is 0 Å². The quantitative estimate of drug-likeness (QED) is 0.757. The van der Waals surface area contributed by atoms with Gasteiger partial charge in [-0.15, -0.1) is 11.6 Å². The number of halogens is 3. The summed E-state index contributed by atoms with van der Waals surface area (Å²) < 4.78 is 25.8. The van der Waals surface area contributed by atoms with E-state index < -0.39 is 11.6 Å². The fraction of sp³-hybridized carbons (Fsp3) is 0.462. The minimum Gasteiger partial charge on any atom is -0.339 e. The smallest absolute Gasteiger partial charge is 0.227 e. The van der Waals surface area contributed by atoms with E-state index in [0.717, 1.165) is 12.1 Å². The normalized spacial score (nSPS) is 10.8. The molecule has 0 aromatic heterocycles. The van der Waals surface area contributed by atoms with Crippen molar-refractivity contribution in [2.45, 2.75) is 26.3 Å². The molecule has 0 heterocycles. The second-order valence-corrected chi connectivity index (χ2v) is 4.67. The van der Waals surface area contributed by atoms with E-state index in [1.807, 2.05) is 13.8 Å². The minimum atomic E-state index is -0.936. The van der Waals surface area contributed by atoms with Crippen LogP contribution in [0.5, 0.6) is 0 Å². The van der Waals surface area contributed by atoms with Crippen LogP contribution in [0.1, 0.15) is 19.4 Å². The van der Waals surface area contributed by atoms with Crippen molar-refractivity contribution in [3.63, 3.8) is 0 Å². The van der Waals surface area contributed by atoms with Gasteiger partial charge in [0.15, 0.2) is 11.6 Å². The Hall–Kier alpha value is -1.16. The summed E-state index contributed by atoms with van der Waals surface area (Å²) in [6.45, 7) is 4.22. The molecule has 0 spiro atoms. The van der Waals surface area contributed by atoms with Gasteiger partial charge in [0.1, 0.15) is 0 Å². The van der Waals surface area contributed by atoms with Crippen molar-refractivity contribution < 1.29 is 13.6 Å². The third kappa shape index (κ3) is 3.95. The van der Waals surface area contributed by atoms with Crippen LogP contribution in [0.2, 0.25) is 0 Å². The molecular formula is C13H16ClF2NO. The molecular weight excluding hydrogens is 260 g/mol. The Morgan fingerprint density at radius 1 is 1.33 bits per heavy atom. The van der Waals surface area contributed by atoms with Gasteiger partial charge in [0.05, 0.1) is 6.42 Å². The molecule has 0 fully saturated rings. The highest BCUT2D eigenvalue weighted by Gasteiger charge is 2.17. The predicted octanol–water partition coefficient (Wildman–Crippen LogP) is 2.98. The largest absolute Gasteiger partial charge is 0.339 e. The van der Waals surface area contributed by atoms with Gasteiger partial charge in [-0.2, -0.15) is 0 Å². The summed E-state index contributed by atoms with van der Waals surface area (Å²) in [6, 6.07) is 3.52.